The van der Waals surface area contributed by atoms with Crippen LogP contribution in [0.15, 0.2) is 87.4 Å². The number of hydrogen-bond donors (Lipinski definition) is 11. The van der Waals surface area contributed by atoms with Crippen LogP contribution in [0.3, 0.4) is 0 Å². The number of aromatic hydroxyl groups is 2. The van der Waals surface area contributed by atoms with Crippen LogP contribution in [0.2, 0.25) is 0 Å². The summed E-state index contributed by atoms with van der Waals surface area (Å²) in [5.41, 5.74) is 7.75. The molecule has 21 nitrogen and oxygen atoms in total. The molecule has 10 rings (SSSR count). The fraction of sp³-hybridized carbons (Fsp3) is 0.404. The second kappa shape index (κ2) is 20.8. The molecule has 79 heavy (non-hydrogen) atoms. The van der Waals surface area contributed by atoms with E-state index in [0.717, 1.165) is 43.9 Å². The van der Waals surface area contributed by atoms with Crippen molar-refractivity contribution in [3.63, 3.8) is 0 Å². The Morgan fingerprint density at radius 2 is 1.11 bits per heavy atom. The van der Waals surface area contributed by atoms with Crippen molar-refractivity contribution in [2.75, 3.05) is 68.0 Å². The van der Waals surface area contributed by atoms with Crippen molar-refractivity contribution in [3.05, 3.63) is 121 Å². The van der Waals surface area contributed by atoms with E-state index in [9.17, 15) is 74.7 Å². The van der Waals surface area contributed by atoms with Crippen LogP contribution >= 0.6 is 11.6 Å². The number of halogens is 1. The number of phenols is 2. The van der Waals surface area contributed by atoms with Crippen molar-refractivity contribution < 1.29 is 74.7 Å². The number of nitrogens with two attached hydrogens (primary N) is 2. The van der Waals surface area contributed by atoms with Crippen molar-refractivity contribution in [1.29, 1.82) is 0 Å². The van der Waals surface area contributed by atoms with Gasteiger partial charge in [-0.15, -0.1) is 0 Å². The van der Waals surface area contributed by atoms with Crippen LogP contribution in [0.5, 0.6) is 11.5 Å². The minimum Gasteiger partial charge on any atom is -0.508 e. The van der Waals surface area contributed by atoms with Crippen LogP contribution in [0.25, 0.3) is 28.7 Å². The lowest BCUT2D eigenvalue weighted by Crippen LogP contribution is -2.65. The zero-order valence-corrected chi connectivity index (χ0v) is 44.8. The van der Waals surface area contributed by atoms with E-state index in [0.29, 0.717) is 16.7 Å². The maximum atomic E-state index is 14.0. The monoisotopic (exact) mass is 1110 g/mol. The molecule has 0 bridgehead atoms. The molecule has 0 unspecified atom stereocenters. The third-order valence-corrected chi connectivity index (χ3v) is 17.2. The normalized spacial score (nSPS) is 28.2. The predicted molar refractivity (Wildman–Crippen MR) is 288 cm³/mol. The van der Waals surface area contributed by atoms with E-state index in [1.54, 1.807) is 26.2 Å². The Balaban J connectivity index is 0.000000197. The van der Waals surface area contributed by atoms with Gasteiger partial charge in [-0.1, -0.05) is 48.0 Å². The van der Waals surface area contributed by atoms with E-state index in [1.165, 1.54) is 47.7 Å². The lowest BCUT2D eigenvalue weighted by molar-refractivity contribution is -0.155. The van der Waals surface area contributed by atoms with Crippen LogP contribution in [0, 0.1) is 23.7 Å². The summed E-state index contributed by atoms with van der Waals surface area (Å²) in [7, 11) is 8.35. The van der Waals surface area contributed by atoms with Gasteiger partial charge >= 0.3 is 0 Å². The van der Waals surface area contributed by atoms with Gasteiger partial charge in [0.15, 0.2) is 22.8 Å². The highest BCUT2D eigenvalue weighted by atomic mass is 35.5. The fourth-order valence-corrected chi connectivity index (χ4v) is 13.3. The molecule has 2 amide bonds. The second-order valence-electron chi connectivity index (χ2n) is 22.0. The largest absolute Gasteiger partial charge is 0.508 e. The Kier molecular flexibility index (Phi) is 14.9. The standard InChI is InChI=1S/C33H38N4O7.C24H25ClN2O8/c1-35(2)27-22-15-19-14-21-20(18-6-4-17(5-7-18)16-37-12-10-36(3)11-13-37)8-9-23(38)25(21)28(39)24(19)30(41)33(22,44)31(42)26(29(27)40)32(34)43;1-27(2)18-13-7-10-6-12-9(5-11(25)8-28)3-4-14(29)16(12)19(30)15(10)21(32)24(13,35)22(33)17(20(18)31)23(26)34/h4-9,19,22,27,38-39,42,44H,10-16H2,1-3H3,(H2,34,43);3-5,10,13,18,28-30,33,35H,6-8H2,1-2H3,(H2,26,34)/b;11-5-/t19-,22-,27-,33-;10-,13-,18-,24-/m00/s1. The number of phenolic OH excluding ortho intramolecular Hbond substituents is 2. The SMILES string of the molecule is CN(C)[C@@H]1C(=O)C(C(N)=O)=C(O)[C@@]2(O)C(=O)C3=C(O)c4c(O)ccc(/C=C(\Cl)CO)c4C[C@H]3C[C@@H]12.CN1CCN(Cc2ccc(-c3ccc(O)c4c3C[C@H]3C[C@H]5[C@H](N(C)C)C(=O)C(C(N)=O)=C(O)[C@@]5(O)C(=O)C3=C4O)cc2)CC1. The van der Waals surface area contributed by atoms with Gasteiger partial charge in [-0.05, 0) is 124 Å². The molecule has 418 valence electrons. The molecule has 1 heterocycles. The molecule has 0 aromatic heterocycles. The first kappa shape index (κ1) is 56.5. The number of amides is 2. The summed E-state index contributed by atoms with van der Waals surface area (Å²) >= 11 is 5.99. The summed E-state index contributed by atoms with van der Waals surface area (Å²) in [5, 5.41) is 98.6. The minimum absolute atomic E-state index is 0.0156. The molecular weight excluding hydrogens is 1040 g/mol. The maximum Gasteiger partial charge on any atom is 0.255 e. The van der Waals surface area contributed by atoms with Gasteiger partial charge in [-0.3, -0.25) is 43.5 Å². The molecule has 0 spiro atoms. The van der Waals surface area contributed by atoms with Gasteiger partial charge in [0.25, 0.3) is 11.8 Å². The Labute approximate surface area is 458 Å². The zero-order valence-electron chi connectivity index (χ0n) is 44.0. The number of carbonyl (C=O) groups is 6. The molecule has 1 saturated heterocycles. The molecule has 1 aliphatic heterocycles. The maximum absolute atomic E-state index is 14.0. The average molecular weight is 1110 g/mol. The van der Waals surface area contributed by atoms with Gasteiger partial charge in [0.1, 0.15) is 45.7 Å². The third kappa shape index (κ3) is 9.01. The van der Waals surface area contributed by atoms with E-state index >= 15 is 0 Å². The summed E-state index contributed by atoms with van der Waals surface area (Å²) in [6.45, 7) is 4.49. The highest BCUT2D eigenvalue weighted by Gasteiger charge is 2.66. The molecule has 6 aliphatic carbocycles. The van der Waals surface area contributed by atoms with E-state index in [2.05, 4.69) is 29.0 Å². The first-order valence-electron chi connectivity index (χ1n) is 25.7. The van der Waals surface area contributed by atoms with Crippen LogP contribution in [0.4, 0.5) is 0 Å². The van der Waals surface area contributed by atoms with Crippen LogP contribution < -0.4 is 11.5 Å². The third-order valence-electron chi connectivity index (χ3n) is 17.0. The van der Waals surface area contributed by atoms with E-state index in [-0.39, 0.29) is 64.5 Å². The van der Waals surface area contributed by atoms with Crippen molar-refractivity contribution >= 4 is 64.1 Å². The molecule has 2 saturated carbocycles. The predicted octanol–water partition coefficient (Wildman–Crippen LogP) is 1.91. The molecule has 3 fully saturated rings. The van der Waals surface area contributed by atoms with Crippen LogP contribution in [0.1, 0.15) is 46.2 Å². The first-order chi connectivity index (χ1) is 37.2. The number of benzene rings is 3. The lowest BCUT2D eigenvalue weighted by atomic mass is 9.57. The average Bonchev–Trinajstić information content (AvgIpc) is 3.55. The Morgan fingerprint density at radius 3 is 1.56 bits per heavy atom. The quantitative estimate of drug-likeness (QED) is 0.136. The summed E-state index contributed by atoms with van der Waals surface area (Å²) in [4.78, 5) is 86.0. The van der Waals surface area contributed by atoms with Crippen molar-refractivity contribution in [2.45, 2.75) is 55.5 Å². The molecule has 3 aromatic carbocycles. The lowest BCUT2D eigenvalue weighted by Gasteiger charge is -2.50. The summed E-state index contributed by atoms with van der Waals surface area (Å²) < 4.78 is 0. The number of likely N-dealkylation sites (N-methyl/N-ethyl adjacent to an activating group) is 3. The number of aliphatic hydroxyl groups is 7. The Bertz CT molecular complexity index is 3320. The number of ketones is 4. The first-order valence-corrected chi connectivity index (χ1v) is 26.0. The molecule has 22 heteroatoms. The number of nitrogens with zero attached hydrogens (tertiary/aromatic N) is 4. The number of rotatable bonds is 9. The molecule has 3 aromatic rings. The molecule has 0 radical (unpaired) electrons. The van der Waals surface area contributed by atoms with Crippen LogP contribution in [-0.2, 0) is 48.2 Å². The molecule has 8 atom stereocenters. The topological polar surface area (TPSA) is 349 Å². The summed E-state index contributed by atoms with van der Waals surface area (Å²) in [5.74, 6) is -13.7. The van der Waals surface area contributed by atoms with Gasteiger partial charge in [-0.25, -0.2) is 0 Å². The van der Waals surface area contributed by atoms with Crippen molar-refractivity contribution in [1.82, 2.24) is 19.6 Å². The highest BCUT2D eigenvalue weighted by molar-refractivity contribution is 6.31. The van der Waals surface area contributed by atoms with Crippen molar-refractivity contribution in [3.8, 4) is 22.6 Å². The number of piperazine rings is 1. The number of fused-ring (bicyclic) bond motifs is 6. The van der Waals surface area contributed by atoms with E-state index in [4.69, 9.17) is 23.1 Å². The number of carbonyl (C=O) groups excluding carboxylic acids is 6. The summed E-state index contributed by atoms with van der Waals surface area (Å²) in [6, 6.07) is 12.0. The van der Waals surface area contributed by atoms with Gasteiger partial charge in [0.2, 0.25) is 11.6 Å². The van der Waals surface area contributed by atoms with Gasteiger partial charge in [0, 0.05) is 60.7 Å². The Morgan fingerprint density at radius 1 is 0.671 bits per heavy atom. The van der Waals surface area contributed by atoms with E-state index in [1.807, 2.05) is 12.1 Å². The molecular formula is C57H63ClN6O15. The Hall–Kier alpha value is -7.21. The number of primary amides is 2. The van der Waals surface area contributed by atoms with Gasteiger partial charge < -0.3 is 62.3 Å². The second-order valence-corrected chi connectivity index (χ2v) is 22.4. The number of hydrogen-bond acceptors (Lipinski definition) is 19. The summed E-state index contributed by atoms with van der Waals surface area (Å²) in [6.07, 6.45) is 1.87. The van der Waals surface area contributed by atoms with Crippen LogP contribution in [-0.4, -0.2) is 192 Å². The molecule has 13 N–H and O–H groups in total. The number of Topliss-reactive ketones (excluding diaryl/α,β-unsaturated/α-hetero) is 4. The minimum atomic E-state index is -2.68. The van der Waals surface area contributed by atoms with Gasteiger partial charge in [-0.2, -0.15) is 0 Å². The van der Waals surface area contributed by atoms with E-state index < -0.39 is 123 Å². The number of aliphatic hydroxyl groups excluding tert-OH is 5. The fourth-order valence-electron chi connectivity index (χ4n) is 13.2. The molecule has 7 aliphatic rings. The smallest absolute Gasteiger partial charge is 0.255 e. The van der Waals surface area contributed by atoms with Gasteiger partial charge in [0.05, 0.1) is 29.8 Å². The highest BCUT2D eigenvalue weighted by Crippen LogP contribution is 2.55. The zero-order chi connectivity index (χ0) is 57.6. The van der Waals surface area contributed by atoms with Crippen molar-refractivity contribution in [2.24, 2.45) is 35.1 Å².